The third-order valence-corrected chi connectivity index (χ3v) is 10.1. The first-order valence-corrected chi connectivity index (χ1v) is 15.2. The van der Waals surface area contributed by atoms with E-state index >= 15 is 0 Å². The van der Waals surface area contributed by atoms with Gasteiger partial charge in [0, 0.05) is 17.9 Å². The van der Waals surface area contributed by atoms with Crippen LogP contribution in [-0.4, -0.2) is 76.8 Å². The van der Waals surface area contributed by atoms with Crippen LogP contribution in [0.25, 0.3) is 0 Å². The van der Waals surface area contributed by atoms with E-state index in [1.165, 1.54) is 12.5 Å². The highest BCUT2D eigenvalue weighted by molar-refractivity contribution is 5.87. The molecule has 3 N–H and O–H groups in total. The molecule has 0 aromatic rings. The molecule has 0 radical (unpaired) electrons. The maximum absolute atomic E-state index is 13.1. The van der Waals surface area contributed by atoms with Crippen LogP contribution >= 0.6 is 0 Å². The quantitative estimate of drug-likeness (QED) is 0.203. The van der Waals surface area contributed by atoms with Gasteiger partial charge in [-0.05, 0) is 77.6 Å². The van der Waals surface area contributed by atoms with Gasteiger partial charge in [0.05, 0.1) is 18.8 Å². The van der Waals surface area contributed by atoms with Crippen molar-refractivity contribution in [2.75, 3.05) is 6.61 Å². The van der Waals surface area contributed by atoms with E-state index in [1.54, 1.807) is 26.8 Å². The molecule has 42 heavy (non-hydrogen) atoms. The van der Waals surface area contributed by atoms with Crippen LogP contribution in [0.5, 0.6) is 0 Å². The lowest BCUT2D eigenvalue weighted by molar-refractivity contribution is -0.326. The van der Waals surface area contributed by atoms with E-state index in [9.17, 15) is 24.9 Å². The van der Waals surface area contributed by atoms with Crippen molar-refractivity contribution in [1.82, 2.24) is 0 Å². The summed E-state index contributed by atoms with van der Waals surface area (Å²) in [4.78, 5) is 24.7. The Bertz CT molecular complexity index is 1080. The summed E-state index contributed by atoms with van der Waals surface area (Å²) >= 11 is 0. The zero-order chi connectivity index (χ0) is 31.6. The molecule has 0 aromatic heterocycles. The molecular weight excluding hydrogens is 540 g/mol. The molecule has 238 valence electrons. The summed E-state index contributed by atoms with van der Waals surface area (Å²) in [6, 6.07) is 0. The van der Waals surface area contributed by atoms with Crippen molar-refractivity contribution >= 4 is 11.9 Å². The van der Waals surface area contributed by atoms with Crippen LogP contribution in [0.15, 0.2) is 34.9 Å². The van der Waals surface area contributed by atoms with Gasteiger partial charge >= 0.3 is 11.9 Å². The molecule has 9 heteroatoms. The molecule has 2 fully saturated rings. The molecule has 2 aliphatic carbocycles. The van der Waals surface area contributed by atoms with Gasteiger partial charge < -0.3 is 34.3 Å². The van der Waals surface area contributed by atoms with Gasteiger partial charge in [0.25, 0.3) is 0 Å². The van der Waals surface area contributed by atoms with Gasteiger partial charge in [-0.25, -0.2) is 4.79 Å². The molecular formula is C33H52O9. The van der Waals surface area contributed by atoms with Crippen LogP contribution < -0.4 is 0 Å². The van der Waals surface area contributed by atoms with Crippen molar-refractivity contribution in [2.45, 2.75) is 131 Å². The maximum atomic E-state index is 13.1. The minimum absolute atomic E-state index is 0.0130. The first-order valence-electron chi connectivity index (χ1n) is 15.2. The largest absolute Gasteiger partial charge is 0.457 e. The summed E-state index contributed by atoms with van der Waals surface area (Å²) in [6.45, 7) is 17.1. The zero-order valence-electron chi connectivity index (χ0n) is 26.8. The predicted molar refractivity (Wildman–Crippen MR) is 158 cm³/mol. The van der Waals surface area contributed by atoms with Crippen molar-refractivity contribution in [3.8, 4) is 0 Å². The molecule has 0 aromatic carbocycles. The highest BCUT2D eigenvalue weighted by Gasteiger charge is 2.61. The monoisotopic (exact) mass is 592 g/mol. The van der Waals surface area contributed by atoms with Crippen LogP contribution in [0, 0.1) is 22.7 Å². The summed E-state index contributed by atoms with van der Waals surface area (Å²) in [5.74, 6) is -0.631. The van der Waals surface area contributed by atoms with E-state index in [0.717, 1.165) is 24.8 Å². The fourth-order valence-corrected chi connectivity index (χ4v) is 7.64. The normalized spacial score (nSPS) is 38.8. The number of rotatable bonds is 9. The molecule has 9 nitrogen and oxygen atoms in total. The molecule has 3 rings (SSSR count). The average molecular weight is 593 g/mol. The number of hydrogen-bond donors (Lipinski definition) is 3. The SMILES string of the molecule is C/C=C(/C)C(=O)O[C@@H]1[C@@H](O[C@H]2O[C@@H](C)[C@@H](OC(C)=O)[C@@H](O)[C@@H]2O)C[C@@]2(C)[C@H](CC/C(C)=C/CO)C(C)=CC[C@@H]2C1(C)C. The lowest BCUT2D eigenvalue weighted by atomic mass is 9.46. The first kappa shape index (κ1) is 34.5. The molecule has 3 aliphatic rings. The second-order valence-electron chi connectivity index (χ2n) is 13.3. The number of ether oxygens (including phenoxy) is 4. The fraction of sp³-hybridized carbons (Fsp3) is 0.758. The number of allylic oxidation sites excluding steroid dienone is 4. The Balaban J connectivity index is 2.00. The second-order valence-corrected chi connectivity index (χ2v) is 13.3. The third kappa shape index (κ3) is 7.02. The minimum atomic E-state index is -1.48. The molecule has 0 unspecified atom stereocenters. The Hall–Kier alpha value is -2.04. The lowest BCUT2D eigenvalue weighted by Crippen LogP contribution is -2.64. The van der Waals surface area contributed by atoms with Gasteiger partial charge in [0.2, 0.25) is 0 Å². The Morgan fingerprint density at radius 1 is 1.12 bits per heavy atom. The molecule has 10 atom stereocenters. The van der Waals surface area contributed by atoms with Gasteiger partial charge in [0.15, 0.2) is 12.4 Å². The van der Waals surface area contributed by atoms with Crippen molar-refractivity contribution in [3.05, 3.63) is 34.9 Å². The van der Waals surface area contributed by atoms with Crippen LogP contribution in [-0.2, 0) is 28.5 Å². The predicted octanol–water partition coefficient (Wildman–Crippen LogP) is 4.39. The van der Waals surface area contributed by atoms with E-state index in [0.29, 0.717) is 12.0 Å². The number of carbonyl (C=O) groups excluding carboxylic acids is 2. The number of esters is 2. The molecule has 1 saturated heterocycles. The zero-order valence-corrected chi connectivity index (χ0v) is 26.8. The summed E-state index contributed by atoms with van der Waals surface area (Å²) < 4.78 is 23.9. The molecule has 1 heterocycles. The van der Waals surface area contributed by atoms with Gasteiger partial charge in [-0.2, -0.15) is 0 Å². The van der Waals surface area contributed by atoms with Crippen LogP contribution in [0.2, 0.25) is 0 Å². The van der Waals surface area contributed by atoms with Crippen LogP contribution in [0.3, 0.4) is 0 Å². The number of aliphatic hydroxyl groups excluding tert-OH is 3. The molecule has 0 spiro atoms. The summed E-state index contributed by atoms with van der Waals surface area (Å²) in [7, 11) is 0. The Kier molecular flexibility index (Phi) is 11.3. The summed E-state index contributed by atoms with van der Waals surface area (Å²) in [5, 5.41) is 31.3. The molecule has 1 saturated carbocycles. The van der Waals surface area contributed by atoms with Gasteiger partial charge in [-0.1, -0.05) is 50.1 Å². The van der Waals surface area contributed by atoms with E-state index < -0.39 is 60.3 Å². The highest BCUT2D eigenvalue weighted by Crippen LogP contribution is 2.62. The van der Waals surface area contributed by atoms with Crippen LogP contribution in [0.4, 0.5) is 0 Å². The number of hydrogen-bond acceptors (Lipinski definition) is 9. The average Bonchev–Trinajstić information content (AvgIpc) is 2.90. The third-order valence-electron chi connectivity index (χ3n) is 10.1. The molecule has 0 amide bonds. The van der Waals surface area contributed by atoms with Gasteiger partial charge in [0.1, 0.15) is 18.3 Å². The van der Waals surface area contributed by atoms with Gasteiger partial charge in [-0.3, -0.25) is 4.79 Å². The highest BCUT2D eigenvalue weighted by atomic mass is 16.7. The number of fused-ring (bicyclic) bond motifs is 1. The van der Waals surface area contributed by atoms with E-state index in [4.69, 9.17) is 18.9 Å². The van der Waals surface area contributed by atoms with Crippen molar-refractivity contribution < 1.29 is 43.9 Å². The molecule has 0 bridgehead atoms. The van der Waals surface area contributed by atoms with Crippen molar-refractivity contribution in [1.29, 1.82) is 0 Å². The van der Waals surface area contributed by atoms with Crippen molar-refractivity contribution in [3.63, 3.8) is 0 Å². The Morgan fingerprint density at radius 2 is 1.79 bits per heavy atom. The smallest absolute Gasteiger partial charge is 0.333 e. The lowest BCUT2D eigenvalue weighted by Gasteiger charge is -2.61. The van der Waals surface area contributed by atoms with Crippen LogP contribution in [0.1, 0.15) is 88.0 Å². The summed E-state index contributed by atoms with van der Waals surface area (Å²) in [5.41, 5.74) is 2.18. The summed E-state index contributed by atoms with van der Waals surface area (Å²) in [6.07, 6.45) is 1.77. The second kappa shape index (κ2) is 13.7. The van der Waals surface area contributed by atoms with Crippen molar-refractivity contribution in [2.24, 2.45) is 22.7 Å². The topological polar surface area (TPSA) is 132 Å². The number of carbonyl (C=O) groups is 2. The number of aliphatic hydroxyl groups is 3. The fourth-order valence-electron chi connectivity index (χ4n) is 7.64. The van der Waals surface area contributed by atoms with E-state index in [2.05, 4.69) is 33.8 Å². The first-order chi connectivity index (χ1) is 19.6. The Labute approximate surface area is 250 Å². The Morgan fingerprint density at radius 3 is 2.38 bits per heavy atom. The maximum Gasteiger partial charge on any atom is 0.333 e. The molecule has 1 aliphatic heterocycles. The van der Waals surface area contributed by atoms with Gasteiger partial charge in [-0.15, -0.1) is 0 Å². The minimum Gasteiger partial charge on any atom is -0.457 e. The standard InChI is InChI=1S/C33H52O9/c1-10-19(3)30(38)42-29-24(41-31-27(37)26(36)28(21(5)39-31)40-22(6)35)17-33(9)23(13-11-18(2)15-16-34)20(4)12-14-25(33)32(29,7)8/h10,12,15,21,23-29,31,34,36-37H,11,13-14,16-17H2,1-9H3/b18-15+,19-10-/t21-,23+,24-,25+,26-,27-,28+,29+,31+,33-/m0/s1. The van der Waals surface area contributed by atoms with E-state index in [-0.39, 0.29) is 23.9 Å². The van der Waals surface area contributed by atoms with E-state index in [1.807, 2.05) is 13.0 Å².